The normalized spacial score (nSPS) is 24.2. The molecule has 0 spiro atoms. The van der Waals surface area contributed by atoms with E-state index in [1.54, 1.807) is 0 Å². The number of hydrogen-bond acceptors (Lipinski definition) is 2. The molecule has 1 aliphatic rings. The lowest BCUT2D eigenvalue weighted by Gasteiger charge is -2.32. The quantitative estimate of drug-likeness (QED) is 0.702. The molecular formula is C11H23NO. The molecule has 2 N–H and O–H groups in total. The molecule has 0 aromatic rings. The van der Waals surface area contributed by atoms with Gasteiger partial charge in [-0.2, -0.15) is 0 Å². The third kappa shape index (κ3) is 3.65. The number of hydrogen-bond donors (Lipinski definition) is 2. The van der Waals surface area contributed by atoms with E-state index in [1.807, 2.05) is 7.05 Å². The van der Waals surface area contributed by atoms with E-state index in [9.17, 15) is 5.11 Å². The van der Waals surface area contributed by atoms with Crippen LogP contribution >= 0.6 is 0 Å². The van der Waals surface area contributed by atoms with Gasteiger partial charge in [-0.3, -0.25) is 0 Å². The Labute approximate surface area is 81.7 Å². The van der Waals surface area contributed by atoms with E-state index in [1.165, 1.54) is 19.3 Å². The van der Waals surface area contributed by atoms with Gasteiger partial charge in [0.15, 0.2) is 0 Å². The van der Waals surface area contributed by atoms with Crippen molar-refractivity contribution in [3.05, 3.63) is 0 Å². The maximum absolute atomic E-state index is 10.2. The van der Waals surface area contributed by atoms with Crippen LogP contribution in [-0.4, -0.2) is 23.8 Å². The average Bonchev–Trinajstić information content (AvgIpc) is 2.15. The third-order valence-corrected chi connectivity index (χ3v) is 3.32. The summed E-state index contributed by atoms with van der Waals surface area (Å²) in [5.41, 5.74) is -0.330. The Balaban J connectivity index is 2.24. The highest BCUT2D eigenvalue weighted by molar-refractivity contribution is 4.83. The van der Waals surface area contributed by atoms with Gasteiger partial charge in [-0.1, -0.05) is 19.3 Å². The van der Waals surface area contributed by atoms with Crippen molar-refractivity contribution in [2.45, 2.75) is 63.5 Å². The van der Waals surface area contributed by atoms with Crippen molar-refractivity contribution in [1.82, 2.24) is 5.32 Å². The monoisotopic (exact) mass is 185 g/mol. The molecule has 0 saturated heterocycles. The predicted octanol–water partition coefficient (Wildman–Crippen LogP) is 2.07. The Kier molecular flexibility index (Phi) is 4.20. The zero-order chi connectivity index (χ0) is 9.73. The molecule has 2 nitrogen and oxygen atoms in total. The van der Waals surface area contributed by atoms with Gasteiger partial charge in [0.05, 0.1) is 5.60 Å². The molecule has 0 heterocycles. The summed E-state index contributed by atoms with van der Waals surface area (Å²) in [4.78, 5) is 0. The van der Waals surface area contributed by atoms with Crippen molar-refractivity contribution >= 4 is 0 Å². The van der Waals surface area contributed by atoms with E-state index in [2.05, 4.69) is 12.2 Å². The summed E-state index contributed by atoms with van der Waals surface area (Å²) in [5.74, 6) is 0. The minimum atomic E-state index is -0.330. The minimum absolute atomic E-state index is 0.330. The fraction of sp³-hybridized carbons (Fsp3) is 1.00. The highest BCUT2D eigenvalue weighted by Crippen LogP contribution is 2.31. The van der Waals surface area contributed by atoms with Crippen LogP contribution in [0.2, 0.25) is 0 Å². The SMILES string of the molecule is CNC(C)CCC1(O)CCCCC1. The molecule has 0 bridgehead atoms. The van der Waals surface area contributed by atoms with Crippen LogP contribution in [0.25, 0.3) is 0 Å². The van der Waals surface area contributed by atoms with Crippen LogP contribution in [0.3, 0.4) is 0 Å². The number of aliphatic hydroxyl groups is 1. The smallest absolute Gasteiger partial charge is 0.0648 e. The van der Waals surface area contributed by atoms with Gasteiger partial charge < -0.3 is 10.4 Å². The summed E-state index contributed by atoms with van der Waals surface area (Å²) < 4.78 is 0. The van der Waals surface area contributed by atoms with Gasteiger partial charge in [-0.15, -0.1) is 0 Å². The molecule has 1 saturated carbocycles. The Morgan fingerprint density at radius 1 is 1.31 bits per heavy atom. The molecule has 1 unspecified atom stereocenters. The predicted molar refractivity (Wildman–Crippen MR) is 55.8 cm³/mol. The van der Waals surface area contributed by atoms with Crippen molar-refractivity contribution in [3.63, 3.8) is 0 Å². The van der Waals surface area contributed by atoms with Crippen LogP contribution in [0.15, 0.2) is 0 Å². The second-order valence-corrected chi connectivity index (χ2v) is 4.51. The lowest BCUT2D eigenvalue weighted by atomic mass is 9.81. The molecule has 78 valence electrons. The summed E-state index contributed by atoms with van der Waals surface area (Å²) in [6.45, 7) is 2.17. The zero-order valence-electron chi connectivity index (χ0n) is 8.97. The van der Waals surface area contributed by atoms with Gasteiger partial charge in [-0.25, -0.2) is 0 Å². The highest BCUT2D eigenvalue weighted by atomic mass is 16.3. The van der Waals surface area contributed by atoms with Crippen LogP contribution in [0.4, 0.5) is 0 Å². The van der Waals surface area contributed by atoms with Crippen LogP contribution < -0.4 is 5.32 Å². The van der Waals surface area contributed by atoms with E-state index in [4.69, 9.17) is 0 Å². The van der Waals surface area contributed by atoms with Gasteiger partial charge in [0.2, 0.25) is 0 Å². The summed E-state index contributed by atoms with van der Waals surface area (Å²) >= 11 is 0. The molecule has 1 aliphatic carbocycles. The standard InChI is InChI=1S/C11H23NO/c1-10(12-2)6-9-11(13)7-4-3-5-8-11/h10,12-13H,3-9H2,1-2H3. The van der Waals surface area contributed by atoms with Gasteiger partial charge >= 0.3 is 0 Å². The topological polar surface area (TPSA) is 32.3 Å². The fourth-order valence-electron chi connectivity index (χ4n) is 2.09. The molecular weight excluding hydrogens is 162 g/mol. The first-order valence-corrected chi connectivity index (χ1v) is 5.56. The summed E-state index contributed by atoms with van der Waals surface area (Å²) in [6.07, 6.45) is 7.83. The van der Waals surface area contributed by atoms with Crippen molar-refractivity contribution in [1.29, 1.82) is 0 Å². The van der Waals surface area contributed by atoms with Crippen LogP contribution in [0.5, 0.6) is 0 Å². The molecule has 0 aliphatic heterocycles. The zero-order valence-corrected chi connectivity index (χ0v) is 8.97. The fourth-order valence-corrected chi connectivity index (χ4v) is 2.09. The molecule has 0 aromatic carbocycles. The van der Waals surface area contributed by atoms with Gasteiger partial charge in [0.25, 0.3) is 0 Å². The Hall–Kier alpha value is -0.0800. The van der Waals surface area contributed by atoms with Gasteiger partial charge in [-0.05, 0) is 39.7 Å². The lowest BCUT2D eigenvalue weighted by molar-refractivity contribution is -0.00700. The summed E-state index contributed by atoms with van der Waals surface area (Å²) in [6, 6.07) is 0.533. The Bertz CT molecular complexity index is 141. The van der Waals surface area contributed by atoms with Crippen LogP contribution in [0.1, 0.15) is 51.9 Å². The molecule has 1 rings (SSSR count). The maximum Gasteiger partial charge on any atom is 0.0648 e. The van der Waals surface area contributed by atoms with E-state index in [0.717, 1.165) is 25.7 Å². The molecule has 13 heavy (non-hydrogen) atoms. The first-order valence-electron chi connectivity index (χ1n) is 5.56. The molecule has 1 fully saturated rings. The van der Waals surface area contributed by atoms with Gasteiger partial charge in [0, 0.05) is 6.04 Å². The molecule has 0 amide bonds. The second-order valence-electron chi connectivity index (χ2n) is 4.51. The molecule has 2 heteroatoms. The van der Waals surface area contributed by atoms with Crippen molar-refractivity contribution in [2.24, 2.45) is 0 Å². The number of nitrogens with one attached hydrogen (secondary N) is 1. The third-order valence-electron chi connectivity index (χ3n) is 3.32. The molecule has 1 atom stereocenters. The highest BCUT2D eigenvalue weighted by Gasteiger charge is 2.28. The largest absolute Gasteiger partial charge is 0.390 e. The molecule has 0 aromatic heterocycles. The van der Waals surface area contributed by atoms with Crippen molar-refractivity contribution < 1.29 is 5.11 Å². The second kappa shape index (κ2) is 4.97. The average molecular weight is 185 g/mol. The Morgan fingerprint density at radius 3 is 2.46 bits per heavy atom. The number of rotatable bonds is 4. The van der Waals surface area contributed by atoms with Crippen molar-refractivity contribution in [3.8, 4) is 0 Å². The van der Waals surface area contributed by atoms with Crippen LogP contribution in [-0.2, 0) is 0 Å². The van der Waals surface area contributed by atoms with Crippen LogP contribution in [0, 0.1) is 0 Å². The Morgan fingerprint density at radius 2 is 1.92 bits per heavy atom. The summed E-state index contributed by atoms with van der Waals surface area (Å²) in [7, 11) is 1.98. The van der Waals surface area contributed by atoms with Crippen molar-refractivity contribution in [2.75, 3.05) is 7.05 Å². The molecule has 0 radical (unpaired) electrons. The summed E-state index contributed by atoms with van der Waals surface area (Å²) in [5, 5.41) is 13.4. The first kappa shape index (κ1) is 11.0. The van der Waals surface area contributed by atoms with Gasteiger partial charge in [0.1, 0.15) is 0 Å². The lowest BCUT2D eigenvalue weighted by Crippen LogP contribution is -2.33. The van der Waals surface area contributed by atoms with E-state index >= 15 is 0 Å². The minimum Gasteiger partial charge on any atom is -0.390 e. The van der Waals surface area contributed by atoms with E-state index < -0.39 is 0 Å². The maximum atomic E-state index is 10.2. The van der Waals surface area contributed by atoms with E-state index in [-0.39, 0.29) is 5.60 Å². The van der Waals surface area contributed by atoms with E-state index in [0.29, 0.717) is 6.04 Å². The first-order chi connectivity index (χ1) is 6.16.